The van der Waals surface area contributed by atoms with Crippen molar-refractivity contribution in [3.63, 3.8) is 0 Å². The normalized spacial score (nSPS) is 16.8. The fourth-order valence-electron chi connectivity index (χ4n) is 3.00. The van der Waals surface area contributed by atoms with E-state index in [1.165, 1.54) is 11.3 Å². The number of carbonyl (C=O) groups excluding carboxylic acids is 1. The monoisotopic (exact) mass is 345 g/mol. The second kappa shape index (κ2) is 6.81. The molecule has 3 rings (SSSR count). The number of rotatable bonds is 4. The molecule has 0 saturated heterocycles. The third kappa shape index (κ3) is 3.24. The van der Waals surface area contributed by atoms with Gasteiger partial charge in [-0.2, -0.15) is 0 Å². The summed E-state index contributed by atoms with van der Waals surface area (Å²) in [7, 11) is 0. The van der Waals surface area contributed by atoms with Crippen LogP contribution in [0.15, 0.2) is 34.4 Å². The first-order valence-corrected chi connectivity index (χ1v) is 9.16. The van der Waals surface area contributed by atoms with Gasteiger partial charge in [-0.1, -0.05) is 37.3 Å². The highest BCUT2D eigenvalue weighted by Gasteiger charge is 2.29. The fraction of sp³-hybridized carbons (Fsp3) is 0.444. The number of fused-ring (bicyclic) bond motifs is 1. The van der Waals surface area contributed by atoms with Crippen LogP contribution < -0.4 is 15.1 Å². The largest absolute Gasteiger partial charge is 0.379 e. The highest BCUT2D eigenvalue weighted by molar-refractivity contribution is 7.07. The molecule has 1 aliphatic rings. The van der Waals surface area contributed by atoms with E-state index in [2.05, 4.69) is 19.2 Å². The second-order valence-electron chi connectivity index (χ2n) is 6.56. The van der Waals surface area contributed by atoms with Crippen molar-refractivity contribution >= 4 is 28.6 Å². The number of carbonyl (C=O) groups is 1. The van der Waals surface area contributed by atoms with Crippen LogP contribution in [0, 0.1) is 12.8 Å². The number of para-hydroxylation sites is 2. The molecule has 128 valence electrons. The van der Waals surface area contributed by atoms with Crippen LogP contribution in [0.1, 0.15) is 26.0 Å². The highest BCUT2D eigenvalue weighted by atomic mass is 32.1. The molecule has 0 saturated carbocycles. The lowest BCUT2D eigenvalue weighted by atomic mass is 9.99. The van der Waals surface area contributed by atoms with Crippen molar-refractivity contribution in [3.8, 4) is 0 Å². The molecule has 1 amide bonds. The second-order valence-corrected chi connectivity index (χ2v) is 7.38. The molecule has 5 nitrogen and oxygen atoms in total. The third-order valence-corrected chi connectivity index (χ3v) is 5.43. The van der Waals surface area contributed by atoms with E-state index in [1.807, 2.05) is 41.5 Å². The van der Waals surface area contributed by atoms with E-state index in [0.29, 0.717) is 25.4 Å². The molecule has 0 unspecified atom stereocenters. The number of anilines is 2. The summed E-state index contributed by atoms with van der Waals surface area (Å²) < 4.78 is 1.68. The zero-order valence-electron chi connectivity index (χ0n) is 14.3. The van der Waals surface area contributed by atoms with Crippen LogP contribution in [0.4, 0.5) is 11.4 Å². The summed E-state index contributed by atoms with van der Waals surface area (Å²) in [6.45, 7) is 7.30. The van der Waals surface area contributed by atoms with Crippen molar-refractivity contribution in [3.05, 3.63) is 45.0 Å². The summed E-state index contributed by atoms with van der Waals surface area (Å²) in [6.07, 6.45) is 0.330. The minimum atomic E-state index is 0.000989. The average molecular weight is 345 g/mol. The van der Waals surface area contributed by atoms with Crippen LogP contribution in [-0.2, 0) is 11.3 Å². The highest BCUT2D eigenvalue weighted by Crippen LogP contribution is 2.32. The first kappa shape index (κ1) is 16.8. The molecule has 1 aromatic heterocycles. The number of aryl methyl sites for hydroxylation is 1. The van der Waals surface area contributed by atoms with Crippen molar-refractivity contribution in [1.82, 2.24) is 4.57 Å². The number of amides is 1. The zero-order valence-corrected chi connectivity index (χ0v) is 15.1. The Bertz CT molecular complexity index is 794. The Morgan fingerprint density at radius 3 is 2.79 bits per heavy atom. The van der Waals surface area contributed by atoms with E-state index in [4.69, 9.17) is 0 Å². The number of hydrogen-bond donors (Lipinski definition) is 1. The van der Waals surface area contributed by atoms with Gasteiger partial charge < -0.3 is 14.8 Å². The Kier molecular flexibility index (Phi) is 4.76. The maximum atomic E-state index is 12.8. The Morgan fingerprint density at radius 2 is 2.12 bits per heavy atom. The van der Waals surface area contributed by atoms with Crippen LogP contribution >= 0.6 is 11.3 Å². The molecule has 0 spiro atoms. The predicted octanol–water partition coefficient (Wildman–Crippen LogP) is 3.09. The van der Waals surface area contributed by atoms with Crippen LogP contribution in [-0.4, -0.2) is 23.1 Å². The molecule has 1 aromatic carbocycles. The third-order valence-electron chi connectivity index (χ3n) is 4.55. The maximum Gasteiger partial charge on any atom is 0.307 e. The number of nitrogens with zero attached hydrogens (tertiary/aromatic N) is 2. The smallest absolute Gasteiger partial charge is 0.307 e. The molecule has 1 aliphatic heterocycles. The van der Waals surface area contributed by atoms with Gasteiger partial charge in [0.15, 0.2) is 0 Å². The molecule has 6 heteroatoms. The molecule has 0 radical (unpaired) electrons. The number of nitrogens with one attached hydrogen (secondary N) is 1. The van der Waals surface area contributed by atoms with Crippen LogP contribution in [0.25, 0.3) is 0 Å². The molecular formula is C18H23N3O2S. The molecule has 0 bridgehead atoms. The number of benzene rings is 1. The first-order chi connectivity index (χ1) is 11.5. The van der Waals surface area contributed by atoms with Crippen molar-refractivity contribution in [2.45, 2.75) is 39.8 Å². The average Bonchev–Trinajstić information content (AvgIpc) is 2.89. The van der Waals surface area contributed by atoms with Gasteiger partial charge in [-0.25, -0.2) is 0 Å². The molecule has 2 aromatic rings. The van der Waals surface area contributed by atoms with Gasteiger partial charge in [-0.3, -0.25) is 9.59 Å². The zero-order chi connectivity index (χ0) is 17.3. The van der Waals surface area contributed by atoms with Crippen LogP contribution in [0.2, 0.25) is 0 Å². The standard InChI is InChI=1S/C18H23N3O2S/c1-12(2)15-10-21(16-7-5-4-6-14(16)19-15)17(22)8-9-20-13(3)11-24-18(20)23/h4-7,11-12,15,19H,8-10H2,1-3H3/t15-/m0/s1. The lowest BCUT2D eigenvalue weighted by molar-refractivity contribution is -0.118. The SMILES string of the molecule is Cc1csc(=O)n1CCC(=O)N1C[C@@H](C(C)C)Nc2ccccc21. The number of hydrogen-bond acceptors (Lipinski definition) is 4. The van der Waals surface area contributed by atoms with Crippen molar-refractivity contribution in [2.24, 2.45) is 5.92 Å². The molecule has 1 N–H and O–H groups in total. The molecule has 0 aliphatic carbocycles. The fourth-order valence-corrected chi connectivity index (χ4v) is 3.76. The quantitative estimate of drug-likeness (QED) is 0.926. The molecule has 0 fully saturated rings. The van der Waals surface area contributed by atoms with E-state index in [1.54, 1.807) is 4.57 Å². The Labute approximate surface area is 145 Å². The Morgan fingerprint density at radius 1 is 1.38 bits per heavy atom. The number of aromatic nitrogens is 1. The Hall–Kier alpha value is -2.08. The van der Waals surface area contributed by atoms with E-state index in [9.17, 15) is 9.59 Å². The summed E-state index contributed by atoms with van der Waals surface area (Å²) in [5.41, 5.74) is 2.84. The topological polar surface area (TPSA) is 54.3 Å². The summed E-state index contributed by atoms with van der Waals surface area (Å²) in [6, 6.07) is 8.14. The van der Waals surface area contributed by atoms with Crippen LogP contribution in [0.3, 0.4) is 0 Å². The van der Waals surface area contributed by atoms with Crippen molar-refractivity contribution in [2.75, 3.05) is 16.8 Å². The molecular weight excluding hydrogens is 322 g/mol. The van der Waals surface area contributed by atoms with Gasteiger partial charge in [0.05, 0.1) is 11.4 Å². The van der Waals surface area contributed by atoms with E-state index in [-0.39, 0.29) is 16.8 Å². The van der Waals surface area contributed by atoms with Crippen LogP contribution in [0.5, 0.6) is 0 Å². The van der Waals surface area contributed by atoms with Gasteiger partial charge in [0, 0.05) is 36.6 Å². The lowest BCUT2D eigenvalue weighted by Crippen LogP contribution is -2.47. The van der Waals surface area contributed by atoms with Gasteiger partial charge >= 0.3 is 4.87 Å². The molecule has 1 atom stereocenters. The van der Waals surface area contributed by atoms with Crippen molar-refractivity contribution < 1.29 is 4.79 Å². The van der Waals surface area contributed by atoms with E-state index < -0.39 is 0 Å². The maximum absolute atomic E-state index is 12.8. The number of thiazole rings is 1. The predicted molar refractivity (Wildman–Crippen MR) is 99.0 cm³/mol. The summed E-state index contributed by atoms with van der Waals surface area (Å²) in [4.78, 5) is 26.5. The summed E-state index contributed by atoms with van der Waals surface area (Å²) in [5, 5.41) is 5.36. The van der Waals surface area contributed by atoms with Gasteiger partial charge in [0.25, 0.3) is 0 Å². The van der Waals surface area contributed by atoms with Gasteiger partial charge in [-0.05, 0) is 25.0 Å². The van der Waals surface area contributed by atoms with Crippen molar-refractivity contribution in [1.29, 1.82) is 0 Å². The first-order valence-electron chi connectivity index (χ1n) is 8.28. The van der Waals surface area contributed by atoms with Gasteiger partial charge in [0.2, 0.25) is 5.91 Å². The summed E-state index contributed by atoms with van der Waals surface area (Å²) in [5.74, 6) is 0.488. The Balaban J connectivity index is 1.79. The van der Waals surface area contributed by atoms with Gasteiger partial charge in [0.1, 0.15) is 0 Å². The minimum Gasteiger partial charge on any atom is -0.379 e. The molecule has 24 heavy (non-hydrogen) atoms. The van der Waals surface area contributed by atoms with Gasteiger partial charge in [-0.15, -0.1) is 0 Å². The minimum absolute atomic E-state index is 0.000989. The van der Waals surface area contributed by atoms with E-state index in [0.717, 1.165) is 17.1 Å². The summed E-state index contributed by atoms with van der Waals surface area (Å²) >= 11 is 1.18. The lowest BCUT2D eigenvalue weighted by Gasteiger charge is -2.37. The molecule has 2 heterocycles. The van der Waals surface area contributed by atoms with E-state index >= 15 is 0 Å².